The van der Waals surface area contributed by atoms with Crippen LogP contribution in [0, 0.1) is 0 Å². The zero-order chi connectivity index (χ0) is 21.0. The third-order valence-electron chi connectivity index (χ3n) is 5.98. The van der Waals surface area contributed by atoms with Gasteiger partial charge in [0, 0.05) is 36.5 Å². The van der Waals surface area contributed by atoms with Crippen molar-refractivity contribution < 1.29 is 9.47 Å². The van der Waals surface area contributed by atoms with Gasteiger partial charge in [0.25, 0.3) is 0 Å². The number of nitrogens with zero attached hydrogens (tertiary/aromatic N) is 4. The van der Waals surface area contributed by atoms with Gasteiger partial charge in [-0.2, -0.15) is 0 Å². The van der Waals surface area contributed by atoms with E-state index in [1.165, 1.54) is 0 Å². The smallest absolute Gasteiger partial charge is 0.241 e. The molecule has 0 aliphatic heterocycles. The summed E-state index contributed by atoms with van der Waals surface area (Å²) in [6, 6.07) is 12.8. The number of fused-ring (bicyclic) bond motifs is 2. The van der Waals surface area contributed by atoms with Gasteiger partial charge < -0.3 is 14.8 Å². The van der Waals surface area contributed by atoms with Crippen molar-refractivity contribution >= 4 is 22.4 Å². The third kappa shape index (κ3) is 4.38. The number of ether oxygens (including phenoxy) is 2. The summed E-state index contributed by atoms with van der Waals surface area (Å²) in [6.07, 6.45) is 10.3. The van der Waals surface area contributed by atoms with Crippen LogP contribution in [-0.2, 0) is 9.47 Å². The lowest BCUT2D eigenvalue weighted by Crippen LogP contribution is -2.31. The molecule has 0 spiro atoms. The lowest BCUT2D eigenvalue weighted by molar-refractivity contribution is -0.00158. The van der Waals surface area contributed by atoms with E-state index in [4.69, 9.17) is 14.6 Å². The predicted molar refractivity (Wildman–Crippen MR) is 121 cm³/mol. The second-order valence-electron chi connectivity index (χ2n) is 8.03. The predicted octanol–water partition coefficient (Wildman–Crippen LogP) is 4.33. The van der Waals surface area contributed by atoms with E-state index < -0.39 is 0 Å². The van der Waals surface area contributed by atoms with Crippen molar-refractivity contribution in [1.29, 1.82) is 0 Å². The molecule has 0 amide bonds. The number of nitrogens with one attached hydrogen (secondary N) is 1. The Labute approximate surface area is 181 Å². The van der Waals surface area contributed by atoms with E-state index in [1.807, 2.05) is 29.2 Å². The molecule has 3 aromatic heterocycles. The largest absolute Gasteiger partial charge is 0.382 e. The van der Waals surface area contributed by atoms with Crippen LogP contribution in [0.1, 0.15) is 25.7 Å². The molecule has 0 atom stereocenters. The average molecular weight is 418 g/mol. The molecule has 0 radical (unpaired) electrons. The molecule has 5 rings (SSSR count). The van der Waals surface area contributed by atoms with Crippen LogP contribution in [0.15, 0.2) is 55.0 Å². The molecule has 1 aliphatic carbocycles. The molecule has 1 aliphatic rings. The van der Waals surface area contributed by atoms with Crippen molar-refractivity contribution in [2.75, 3.05) is 25.6 Å². The molecule has 0 bridgehead atoms. The monoisotopic (exact) mass is 417 g/mol. The van der Waals surface area contributed by atoms with Crippen LogP contribution in [0.25, 0.3) is 27.5 Å². The van der Waals surface area contributed by atoms with Gasteiger partial charge in [0.2, 0.25) is 5.95 Å². The number of hydrogen-bond acceptors (Lipinski definition) is 6. The molecular weight excluding hydrogens is 390 g/mol. The van der Waals surface area contributed by atoms with Crippen LogP contribution in [0.4, 0.5) is 5.95 Å². The highest BCUT2D eigenvalue weighted by Gasteiger charge is 2.22. The maximum Gasteiger partial charge on any atom is 0.241 e. The van der Waals surface area contributed by atoms with E-state index in [0.717, 1.165) is 53.2 Å². The Morgan fingerprint density at radius 3 is 2.84 bits per heavy atom. The van der Waals surface area contributed by atoms with E-state index >= 15 is 0 Å². The molecule has 7 nitrogen and oxygen atoms in total. The summed E-state index contributed by atoms with van der Waals surface area (Å²) in [4.78, 5) is 9.00. The Morgan fingerprint density at radius 1 is 1.06 bits per heavy atom. The first-order valence-corrected chi connectivity index (χ1v) is 10.9. The van der Waals surface area contributed by atoms with Gasteiger partial charge in [0.15, 0.2) is 0 Å². The Hall–Kier alpha value is -3.03. The first-order valence-electron chi connectivity index (χ1n) is 10.9. The fourth-order valence-electron chi connectivity index (χ4n) is 4.31. The van der Waals surface area contributed by atoms with Gasteiger partial charge in [-0.15, -0.1) is 5.10 Å². The molecular formula is C24H27N5O2. The number of pyridine rings is 1. The summed E-state index contributed by atoms with van der Waals surface area (Å²) >= 11 is 0. The number of rotatable bonds is 7. The molecule has 1 aromatic carbocycles. The lowest BCUT2D eigenvalue weighted by atomic mass is 9.93. The van der Waals surface area contributed by atoms with Crippen molar-refractivity contribution in [3.8, 4) is 11.1 Å². The molecule has 3 heterocycles. The number of benzene rings is 1. The molecule has 7 heteroatoms. The molecule has 1 saturated carbocycles. The average Bonchev–Trinajstić information content (AvgIpc) is 3.23. The topological polar surface area (TPSA) is 73.6 Å². The minimum atomic E-state index is 0.334. The summed E-state index contributed by atoms with van der Waals surface area (Å²) < 4.78 is 12.8. The fraction of sp³-hybridized carbons (Fsp3) is 0.375. The van der Waals surface area contributed by atoms with Crippen LogP contribution in [0.3, 0.4) is 0 Å². The first-order chi connectivity index (χ1) is 15.3. The van der Waals surface area contributed by atoms with Crippen molar-refractivity contribution in [2.24, 2.45) is 0 Å². The van der Waals surface area contributed by atoms with E-state index in [2.05, 4.69) is 45.6 Å². The molecule has 160 valence electrons. The highest BCUT2D eigenvalue weighted by molar-refractivity contribution is 5.88. The Bertz CT molecular complexity index is 1170. The van der Waals surface area contributed by atoms with E-state index in [9.17, 15) is 0 Å². The molecule has 4 aromatic rings. The normalized spacial score (nSPS) is 19.1. The summed E-state index contributed by atoms with van der Waals surface area (Å²) in [7, 11) is 1.70. The van der Waals surface area contributed by atoms with Crippen LogP contribution in [0.5, 0.6) is 0 Å². The standard InChI is InChI=1S/C24H27N5O2/c1-30-13-14-31-20-7-5-19(6-8-20)27-24-26-16-23-21(10-12-29(23)28-24)17-4-9-22-18(15-17)3-2-11-25-22/h2-4,9-12,15-16,19-20H,5-8,13-14H2,1H3,(H,27,28)/t19-,20+. The molecule has 1 N–H and O–H groups in total. The lowest BCUT2D eigenvalue weighted by Gasteiger charge is -2.29. The van der Waals surface area contributed by atoms with Gasteiger partial charge in [-0.05, 0) is 55.5 Å². The van der Waals surface area contributed by atoms with Crippen molar-refractivity contribution in [1.82, 2.24) is 19.6 Å². The van der Waals surface area contributed by atoms with Crippen molar-refractivity contribution in [3.63, 3.8) is 0 Å². The molecule has 0 unspecified atom stereocenters. The van der Waals surface area contributed by atoms with Gasteiger partial charge in [0.1, 0.15) is 0 Å². The number of anilines is 1. The number of aromatic nitrogens is 4. The zero-order valence-corrected chi connectivity index (χ0v) is 17.7. The van der Waals surface area contributed by atoms with Gasteiger partial charge in [-0.25, -0.2) is 9.50 Å². The molecule has 1 fully saturated rings. The number of hydrogen-bond donors (Lipinski definition) is 1. The van der Waals surface area contributed by atoms with Crippen molar-refractivity contribution in [2.45, 2.75) is 37.8 Å². The van der Waals surface area contributed by atoms with E-state index in [0.29, 0.717) is 31.3 Å². The summed E-state index contributed by atoms with van der Waals surface area (Å²) in [5.41, 5.74) is 4.24. The minimum Gasteiger partial charge on any atom is -0.382 e. The first kappa shape index (κ1) is 19.9. The van der Waals surface area contributed by atoms with Gasteiger partial charge >= 0.3 is 0 Å². The minimum absolute atomic E-state index is 0.334. The zero-order valence-electron chi connectivity index (χ0n) is 17.7. The summed E-state index contributed by atoms with van der Waals surface area (Å²) in [5.74, 6) is 0.668. The summed E-state index contributed by atoms with van der Waals surface area (Å²) in [6.45, 7) is 1.32. The maximum atomic E-state index is 5.86. The fourth-order valence-corrected chi connectivity index (χ4v) is 4.31. The van der Waals surface area contributed by atoms with E-state index in [1.54, 1.807) is 7.11 Å². The molecule has 0 saturated heterocycles. The van der Waals surface area contributed by atoms with Crippen LogP contribution in [-0.4, -0.2) is 52.1 Å². The maximum absolute atomic E-state index is 5.86. The van der Waals surface area contributed by atoms with Gasteiger partial charge in [-0.1, -0.05) is 12.1 Å². The quantitative estimate of drug-likeness (QED) is 0.451. The highest BCUT2D eigenvalue weighted by atomic mass is 16.5. The van der Waals surface area contributed by atoms with Gasteiger partial charge in [0.05, 0.1) is 36.5 Å². The summed E-state index contributed by atoms with van der Waals surface area (Å²) in [5, 5.41) is 9.32. The SMILES string of the molecule is COCCO[C@H]1CC[C@@H](Nc2ncc3c(-c4ccc5ncccc5c4)ccn3n2)CC1. The van der Waals surface area contributed by atoms with E-state index in [-0.39, 0.29) is 0 Å². The van der Waals surface area contributed by atoms with Crippen LogP contribution >= 0.6 is 0 Å². The van der Waals surface area contributed by atoms with Gasteiger partial charge in [-0.3, -0.25) is 4.98 Å². The Balaban J connectivity index is 1.27. The second kappa shape index (κ2) is 8.99. The van der Waals surface area contributed by atoms with Crippen molar-refractivity contribution in [3.05, 3.63) is 55.0 Å². The third-order valence-corrected chi connectivity index (χ3v) is 5.98. The van der Waals surface area contributed by atoms with Crippen LogP contribution < -0.4 is 5.32 Å². The Morgan fingerprint density at radius 2 is 1.97 bits per heavy atom. The number of methoxy groups -OCH3 is 1. The highest BCUT2D eigenvalue weighted by Crippen LogP contribution is 2.28. The second-order valence-corrected chi connectivity index (χ2v) is 8.03. The Kier molecular flexibility index (Phi) is 5.78. The molecule has 31 heavy (non-hydrogen) atoms. The van der Waals surface area contributed by atoms with Crippen LogP contribution in [0.2, 0.25) is 0 Å².